The molecule has 2 rings (SSSR count). The molecule has 0 spiro atoms. The van der Waals surface area contributed by atoms with E-state index in [-0.39, 0.29) is 0 Å². The number of aromatic nitrogens is 2. The van der Waals surface area contributed by atoms with Crippen LogP contribution in [0, 0.1) is 6.92 Å². The number of nitrogens with zero attached hydrogens (tertiary/aromatic N) is 2. The molecule has 0 aliphatic heterocycles. The van der Waals surface area contributed by atoms with Crippen molar-refractivity contribution in [3.63, 3.8) is 0 Å². The van der Waals surface area contributed by atoms with Crippen LogP contribution in [0.25, 0.3) is 0 Å². The van der Waals surface area contributed by atoms with Crippen LogP contribution < -0.4 is 5.32 Å². The summed E-state index contributed by atoms with van der Waals surface area (Å²) in [7, 11) is 2.00. The van der Waals surface area contributed by atoms with Crippen LogP contribution in [-0.2, 0) is 13.6 Å². The molecule has 1 N–H and O–H groups in total. The van der Waals surface area contributed by atoms with Crippen LogP contribution in [0.1, 0.15) is 37.1 Å². The molecule has 1 aliphatic carbocycles. The predicted molar refractivity (Wildman–Crippen MR) is 64.7 cm³/mol. The summed E-state index contributed by atoms with van der Waals surface area (Å²) in [6, 6.07) is 0.715. The third-order valence-corrected chi connectivity index (χ3v) is 4.21. The Hall–Kier alpha value is -0.350. The summed E-state index contributed by atoms with van der Waals surface area (Å²) in [6.07, 6.45) is 5.41. The molecule has 1 aromatic rings. The number of aryl methyl sites for hydroxylation is 2. The van der Waals surface area contributed by atoms with E-state index in [4.69, 9.17) is 0 Å². The molecule has 1 aliphatic rings. The second kappa shape index (κ2) is 4.66. The van der Waals surface area contributed by atoms with E-state index < -0.39 is 0 Å². The lowest BCUT2D eigenvalue weighted by Crippen LogP contribution is -2.26. The first-order chi connectivity index (χ1) is 7.18. The Morgan fingerprint density at radius 3 is 2.67 bits per heavy atom. The SMILES string of the molecule is Cc1nn(C)c(CNC2CCCC2)c1Br. The highest BCUT2D eigenvalue weighted by Crippen LogP contribution is 2.22. The van der Waals surface area contributed by atoms with Crippen molar-refractivity contribution in [3.05, 3.63) is 15.9 Å². The minimum Gasteiger partial charge on any atom is -0.308 e. The Kier molecular flexibility index (Phi) is 3.46. The van der Waals surface area contributed by atoms with Gasteiger partial charge in [0.05, 0.1) is 15.9 Å². The van der Waals surface area contributed by atoms with E-state index in [0.29, 0.717) is 6.04 Å². The smallest absolute Gasteiger partial charge is 0.0739 e. The Balaban J connectivity index is 1.97. The number of rotatable bonds is 3. The molecular weight excluding hydrogens is 254 g/mol. The number of nitrogens with one attached hydrogen (secondary N) is 1. The Bertz CT molecular complexity index is 340. The zero-order chi connectivity index (χ0) is 10.8. The highest BCUT2D eigenvalue weighted by atomic mass is 79.9. The van der Waals surface area contributed by atoms with Gasteiger partial charge in [-0.15, -0.1) is 0 Å². The topological polar surface area (TPSA) is 29.9 Å². The number of halogens is 1. The van der Waals surface area contributed by atoms with Crippen LogP contribution in [0.4, 0.5) is 0 Å². The van der Waals surface area contributed by atoms with Gasteiger partial charge in [0.25, 0.3) is 0 Å². The van der Waals surface area contributed by atoms with Crippen molar-refractivity contribution in [1.29, 1.82) is 0 Å². The van der Waals surface area contributed by atoms with E-state index in [0.717, 1.165) is 16.7 Å². The van der Waals surface area contributed by atoms with Gasteiger partial charge in [0.1, 0.15) is 0 Å². The van der Waals surface area contributed by atoms with E-state index in [1.54, 1.807) is 0 Å². The molecule has 0 bridgehead atoms. The van der Waals surface area contributed by atoms with Crippen LogP contribution >= 0.6 is 15.9 Å². The quantitative estimate of drug-likeness (QED) is 0.916. The van der Waals surface area contributed by atoms with Gasteiger partial charge in [0, 0.05) is 19.6 Å². The third-order valence-electron chi connectivity index (χ3n) is 3.17. The molecule has 1 fully saturated rings. The molecule has 3 nitrogen and oxygen atoms in total. The molecule has 15 heavy (non-hydrogen) atoms. The van der Waals surface area contributed by atoms with Crippen molar-refractivity contribution in [1.82, 2.24) is 15.1 Å². The summed E-state index contributed by atoms with van der Waals surface area (Å²) in [5.74, 6) is 0. The molecule has 4 heteroatoms. The minimum absolute atomic E-state index is 0.715. The third kappa shape index (κ3) is 2.42. The van der Waals surface area contributed by atoms with E-state index in [9.17, 15) is 0 Å². The van der Waals surface area contributed by atoms with Gasteiger partial charge in [-0.25, -0.2) is 0 Å². The molecule has 0 aromatic carbocycles. The fourth-order valence-corrected chi connectivity index (χ4v) is 2.72. The summed E-state index contributed by atoms with van der Waals surface area (Å²) in [6.45, 7) is 2.95. The Labute approximate surface area is 99.4 Å². The minimum atomic E-state index is 0.715. The Morgan fingerprint density at radius 2 is 2.13 bits per heavy atom. The van der Waals surface area contributed by atoms with Crippen molar-refractivity contribution in [3.8, 4) is 0 Å². The average molecular weight is 272 g/mol. The first-order valence-corrected chi connectivity index (χ1v) is 6.39. The lowest BCUT2D eigenvalue weighted by atomic mass is 10.2. The van der Waals surface area contributed by atoms with Crippen LogP contribution in [0.5, 0.6) is 0 Å². The maximum absolute atomic E-state index is 4.39. The van der Waals surface area contributed by atoms with Crippen molar-refractivity contribution in [2.45, 2.75) is 45.2 Å². The molecule has 0 atom stereocenters. The largest absolute Gasteiger partial charge is 0.308 e. The van der Waals surface area contributed by atoms with Crippen molar-refractivity contribution in [2.24, 2.45) is 7.05 Å². The zero-order valence-electron chi connectivity index (χ0n) is 9.39. The first kappa shape index (κ1) is 11.1. The molecule has 1 aromatic heterocycles. The first-order valence-electron chi connectivity index (χ1n) is 5.60. The van der Waals surface area contributed by atoms with Gasteiger partial charge in [-0.05, 0) is 35.7 Å². The summed E-state index contributed by atoms with van der Waals surface area (Å²) in [5, 5.41) is 7.99. The lowest BCUT2D eigenvalue weighted by molar-refractivity contribution is 0.507. The molecule has 0 unspecified atom stereocenters. The molecule has 1 heterocycles. The van der Waals surface area contributed by atoms with E-state index in [1.807, 2.05) is 18.7 Å². The maximum Gasteiger partial charge on any atom is 0.0739 e. The van der Waals surface area contributed by atoms with E-state index in [1.165, 1.54) is 31.4 Å². The number of hydrogen-bond acceptors (Lipinski definition) is 2. The molecule has 0 amide bonds. The van der Waals surface area contributed by atoms with Crippen molar-refractivity contribution < 1.29 is 0 Å². The van der Waals surface area contributed by atoms with Crippen LogP contribution in [0.2, 0.25) is 0 Å². The monoisotopic (exact) mass is 271 g/mol. The van der Waals surface area contributed by atoms with Gasteiger partial charge in [0.15, 0.2) is 0 Å². The average Bonchev–Trinajstić information content (AvgIpc) is 2.76. The second-order valence-electron chi connectivity index (χ2n) is 4.33. The molecule has 1 saturated carbocycles. The van der Waals surface area contributed by atoms with Gasteiger partial charge in [-0.3, -0.25) is 4.68 Å². The molecular formula is C11H18BrN3. The van der Waals surface area contributed by atoms with Gasteiger partial charge in [-0.2, -0.15) is 5.10 Å². The summed E-state index contributed by atoms with van der Waals surface area (Å²) < 4.78 is 3.11. The van der Waals surface area contributed by atoms with Gasteiger partial charge in [0.2, 0.25) is 0 Å². The van der Waals surface area contributed by atoms with E-state index in [2.05, 4.69) is 26.3 Å². The molecule has 0 saturated heterocycles. The molecule has 0 radical (unpaired) electrons. The van der Waals surface area contributed by atoms with E-state index >= 15 is 0 Å². The standard InChI is InChI=1S/C11H18BrN3/c1-8-11(12)10(15(2)14-8)7-13-9-5-3-4-6-9/h9,13H,3-7H2,1-2H3. The maximum atomic E-state index is 4.39. The fraction of sp³-hybridized carbons (Fsp3) is 0.727. The zero-order valence-corrected chi connectivity index (χ0v) is 11.0. The van der Waals surface area contributed by atoms with Gasteiger partial charge < -0.3 is 5.32 Å². The lowest BCUT2D eigenvalue weighted by Gasteiger charge is -2.11. The van der Waals surface area contributed by atoms with Crippen LogP contribution in [-0.4, -0.2) is 15.8 Å². The predicted octanol–water partition coefficient (Wildman–Crippen LogP) is 2.52. The number of hydrogen-bond donors (Lipinski definition) is 1. The summed E-state index contributed by atoms with van der Waals surface area (Å²) in [5.41, 5.74) is 2.32. The highest BCUT2D eigenvalue weighted by Gasteiger charge is 2.16. The van der Waals surface area contributed by atoms with Gasteiger partial charge >= 0.3 is 0 Å². The van der Waals surface area contributed by atoms with Crippen molar-refractivity contribution >= 4 is 15.9 Å². The molecule has 84 valence electrons. The second-order valence-corrected chi connectivity index (χ2v) is 5.12. The highest BCUT2D eigenvalue weighted by molar-refractivity contribution is 9.10. The summed E-state index contributed by atoms with van der Waals surface area (Å²) >= 11 is 3.59. The normalized spacial score (nSPS) is 17.5. The van der Waals surface area contributed by atoms with Gasteiger partial charge in [-0.1, -0.05) is 12.8 Å². The summed E-state index contributed by atoms with van der Waals surface area (Å²) in [4.78, 5) is 0. The van der Waals surface area contributed by atoms with Crippen LogP contribution in [0.3, 0.4) is 0 Å². The van der Waals surface area contributed by atoms with Crippen molar-refractivity contribution in [2.75, 3.05) is 0 Å². The van der Waals surface area contributed by atoms with Crippen LogP contribution in [0.15, 0.2) is 4.47 Å². The fourth-order valence-electron chi connectivity index (χ4n) is 2.24. The Morgan fingerprint density at radius 1 is 1.47 bits per heavy atom.